The Balaban J connectivity index is 1.62. The first-order valence-electron chi connectivity index (χ1n) is 14.4. The third-order valence-corrected chi connectivity index (χ3v) is 8.46. The van der Waals surface area contributed by atoms with E-state index >= 15 is 0 Å². The third kappa shape index (κ3) is 5.45. The molecule has 0 spiro atoms. The van der Waals surface area contributed by atoms with E-state index < -0.39 is 5.92 Å². The second-order valence-corrected chi connectivity index (χ2v) is 13.3. The zero-order valence-corrected chi connectivity index (χ0v) is 25.3. The summed E-state index contributed by atoms with van der Waals surface area (Å²) in [6.45, 7) is 14.3. The van der Waals surface area contributed by atoms with Crippen LogP contribution >= 0.6 is 11.6 Å². The fourth-order valence-electron chi connectivity index (χ4n) is 6.64. The minimum Gasteiger partial charge on any atom is -0.490 e. The second-order valence-electron chi connectivity index (χ2n) is 12.8. The molecule has 2 aromatic rings. The Morgan fingerprint density at radius 2 is 1.45 bits per heavy atom. The van der Waals surface area contributed by atoms with Crippen molar-refractivity contribution in [3.05, 3.63) is 81.2 Å². The van der Waals surface area contributed by atoms with Crippen LogP contribution in [0.25, 0.3) is 0 Å². The summed E-state index contributed by atoms with van der Waals surface area (Å²) >= 11 is 6.16. The summed E-state index contributed by atoms with van der Waals surface area (Å²) in [4.78, 5) is 30.0. The number of nitrogens with zero attached hydrogens (tertiary/aromatic N) is 1. The largest absolute Gasteiger partial charge is 0.490 e. The summed E-state index contributed by atoms with van der Waals surface area (Å²) in [6.07, 6.45) is 2.56. The number of ether oxygens (including phenoxy) is 2. The smallest absolute Gasteiger partial charge is 0.162 e. The Kier molecular flexibility index (Phi) is 7.64. The molecule has 0 aromatic heterocycles. The van der Waals surface area contributed by atoms with E-state index in [4.69, 9.17) is 21.1 Å². The van der Waals surface area contributed by atoms with Gasteiger partial charge in [0.25, 0.3) is 0 Å². The highest BCUT2D eigenvalue weighted by atomic mass is 35.5. The fourth-order valence-corrected chi connectivity index (χ4v) is 6.86. The lowest BCUT2D eigenvalue weighted by molar-refractivity contribution is -0.119. The molecule has 0 bridgehead atoms. The van der Waals surface area contributed by atoms with Gasteiger partial charge in [0.05, 0.1) is 6.61 Å². The Morgan fingerprint density at radius 3 is 2.00 bits per heavy atom. The highest BCUT2D eigenvalue weighted by Crippen LogP contribution is 2.54. The number of carbonyl (C=O) groups excluding carboxylic acids is 2. The normalized spacial score (nSPS) is 20.4. The lowest BCUT2D eigenvalue weighted by Gasteiger charge is -2.48. The molecule has 2 aliphatic carbocycles. The van der Waals surface area contributed by atoms with Crippen LogP contribution in [-0.4, -0.2) is 29.6 Å². The number of allylic oxidation sites excluding steroid dienone is 4. The number of benzene rings is 2. The van der Waals surface area contributed by atoms with Crippen LogP contribution < -0.4 is 9.47 Å². The first-order valence-corrected chi connectivity index (χ1v) is 14.7. The highest BCUT2D eigenvalue weighted by molar-refractivity contribution is 6.30. The van der Waals surface area contributed by atoms with Gasteiger partial charge in [0.15, 0.2) is 23.1 Å². The van der Waals surface area contributed by atoms with Crippen LogP contribution in [0.3, 0.4) is 0 Å². The van der Waals surface area contributed by atoms with Crippen LogP contribution in [0.2, 0.25) is 5.02 Å². The number of hydrogen-bond acceptors (Lipinski definition) is 5. The van der Waals surface area contributed by atoms with E-state index in [9.17, 15) is 9.59 Å². The van der Waals surface area contributed by atoms with Crippen molar-refractivity contribution in [3.63, 3.8) is 0 Å². The van der Waals surface area contributed by atoms with Crippen molar-refractivity contribution in [2.45, 2.75) is 79.8 Å². The Bertz CT molecular complexity index is 1360. The number of rotatable bonds is 7. The Hall–Kier alpha value is -3.05. The van der Waals surface area contributed by atoms with Crippen molar-refractivity contribution in [1.29, 1.82) is 0 Å². The molecule has 0 radical (unpaired) electrons. The number of hydrogen-bond donors (Lipinski definition) is 0. The molecule has 5 nitrogen and oxygen atoms in total. The van der Waals surface area contributed by atoms with Gasteiger partial charge < -0.3 is 14.4 Å². The zero-order chi connectivity index (χ0) is 28.8. The molecule has 3 aliphatic rings. The summed E-state index contributed by atoms with van der Waals surface area (Å²) in [5.74, 6) is 1.10. The van der Waals surface area contributed by atoms with Crippen LogP contribution in [-0.2, 0) is 16.2 Å². The van der Waals surface area contributed by atoms with Gasteiger partial charge in [0.2, 0.25) is 0 Å². The molecule has 0 amide bonds. The molecule has 0 atom stereocenters. The van der Waals surface area contributed by atoms with Gasteiger partial charge in [-0.3, -0.25) is 9.59 Å². The molecule has 1 heterocycles. The molecule has 1 aliphatic heterocycles. The van der Waals surface area contributed by atoms with Crippen molar-refractivity contribution >= 4 is 23.2 Å². The molecule has 5 rings (SSSR count). The molecule has 0 saturated carbocycles. The van der Waals surface area contributed by atoms with E-state index in [1.807, 2.05) is 49.4 Å². The first kappa shape index (κ1) is 28.5. The molecule has 0 unspecified atom stereocenters. The van der Waals surface area contributed by atoms with E-state index in [-0.39, 0.29) is 22.4 Å². The SMILES string of the molecule is CCOc1cc(C2C3=C(CC(C)(C)CC3=O)N(CC)C3=C2C(=O)CC(C)(C)C3)ccc1OCc1cccc(Cl)c1. The van der Waals surface area contributed by atoms with Crippen molar-refractivity contribution in [1.82, 2.24) is 4.90 Å². The number of carbonyl (C=O) groups is 2. The Labute approximate surface area is 243 Å². The molecule has 0 saturated heterocycles. The predicted molar refractivity (Wildman–Crippen MR) is 159 cm³/mol. The van der Waals surface area contributed by atoms with Crippen molar-refractivity contribution in [2.24, 2.45) is 10.8 Å². The lowest BCUT2D eigenvalue weighted by atomic mass is 9.63. The van der Waals surface area contributed by atoms with E-state index in [1.165, 1.54) is 0 Å². The maximum atomic E-state index is 13.9. The van der Waals surface area contributed by atoms with Crippen molar-refractivity contribution in [2.75, 3.05) is 13.2 Å². The van der Waals surface area contributed by atoms with Gasteiger partial charge in [-0.2, -0.15) is 0 Å². The van der Waals surface area contributed by atoms with Gasteiger partial charge >= 0.3 is 0 Å². The van der Waals surface area contributed by atoms with Gasteiger partial charge in [-0.1, -0.05) is 57.5 Å². The molecule has 2 aromatic carbocycles. The van der Waals surface area contributed by atoms with Gasteiger partial charge in [-0.15, -0.1) is 0 Å². The van der Waals surface area contributed by atoms with E-state index in [1.54, 1.807) is 0 Å². The molecular formula is C34H40ClNO4. The summed E-state index contributed by atoms with van der Waals surface area (Å²) in [5, 5.41) is 0.661. The maximum absolute atomic E-state index is 13.9. The topological polar surface area (TPSA) is 55.8 Å². The molecule has 40 heavy (non-hydrogen) atoms. The van der Waals surface area contributed by atoms with Gasteiger partial charge in [-0.05, 0) is 72.9 Å². The molecule has 212 valence electrons. The van der Waals surface area contributed by atoms with E-state index in [0.717, 1.165) is 53.1 Å². The zero-order valence-electron chi connectivity index (χ0n) is 24.5. The molecule has 6 heteroatoms. The average Bonchev–Trinajstić information content (AvgIpc) is 2.85. The van der Waals surface area contributed by atoms with Gasteiger partial charge in [-0.25, -0.2) is 0 Å². The van der Waals surface area contributed by atoms with Crippen LogP contribution in [0.1, 0.15) is 84.3 Å². The fraction of sp³-hybridized carbons (Fsp3) is 0.471. The molecular weight excluding hydrogens is 522 g/mol. The van der Waals surface area contributed by atoms with Crippen LogP contribution in [0.5, 0.6) is 11.5 Å². The molecule has 0 fully saturated rings. The van der Waals surface area contributed by atoms with Gasteiger partial charge in [0.1, 0.15) is 6.61 Å². The predicted octanol–water partition coefficient (Wildman–Crippen LogP) is 8.02. The highest BCUT2D eigenvalue weighted by Gasteiger charge is 2.48. The minimum atomic E-state index is -0.402. The van der Waals surface area contributed by atoms with E-state index in [0.29, 0.717) is 42.6 Å². The van der Waals surface area contributed by atoms with Crippen LogP contribution in [0.15, 0.2) is 65.0 Å². The van der Waals surface area contributed by atoms with Crippen LogP contribution in [0, 0.1) is 10.8 Å². The maximum Gasteiger partial charge on any atom is 0.162 e. The molecule has 0 N–H and O–H groups in total. The second kappa shape index (κ2) is 10.7. The van der Waals surface area contributed by atoms with Gasteiger partial charge in [0, 0.05) is 52.9 Å². The number of ketones is 2. The average molecular weight is 562 g/mol. The summed E-state index contributed by atoms with van der Waals surface area (Å²) < 4.78 is 12.2. The quantitative estimate of drug-likeness (QED) is 0.342. The van der Waals surface area contributed by atoms with Crippen molar-refractivity contribution in [3.8, 4) is 11.5 Å². The number of Topliss-reactive ketones (excluding diaryl/α,β-unsaturated/α-hetero) is 2. The summed E-state index contributed by atoms with van der Waals surface area (Å²) in [7, 11) is 0. The number of halogens is 1. The Morgan fingerprint density at radius 1 is 0.825 bits per heavy atom. The lowest BCUT2D eigenvalue weighted by Crippen LogP contribution is -2.44. The summed E-state index contributed by atoms with van der Waals surface area (Å²) in [6, 6.07) is 13.5. The van der Waals surface area contributed by atoms with Crippen molar-refractivity contribution < 1.29 is 19.1 Å². The van der Waals surface area contributed by atoms with Crippen LogP contribution in [0.4, 0.5) is 0 Å². The summed E-state index contributed by atoms with van der Waals surface area (Å²) in [5.41, 5.74) is 5.32. The minimum absolute atomic E-state index is 0.130. The monoisotopic (exact) mass is 561 g/mol. The van der Waals surface area contributed by atoms with E-state index in [2.05, 4.69) is 39.5 Å². The third-order valence-electron chi connectivity index (χ3n) is 8.22. The standard InChI is InChI=1S/C34H40ClNO4/c1-7-36-24-16-33(3,4)18-26(37)31(24)30(32-25(36)17-34(5,6)19-27(32)38)22-12-13-28(29(15-22)39-8-2)40-20-21-10-9-11-23(35)14-21/h9-15,30H,7-8,16-20H2,1-6H3. The first-order chi connectivity index (χ1) is 18.9.